The van der Waals surface area contributed by atoms with Crippen molar-refractivity contribution in [3.63, 3.8) is 0 Å². The Balaban J connectivity index is 2.76. The van der Waals surface area contributed by atoms with Crippen LogP contribution in [0.4, 0.5) is 0 Å². The predicted octanol–water partition coefficient (Wildman–Crippen LogP) is 2.73. The molecule has 1 aliphatic heterocycles. The van der Waals surface area contributed by atoms with Gasteiger partial charge in [-0.15, -0.1) is 0 Å². The Kier molecular flexibility index (Phi) is 2.47. The minimum atomic E-state index is -2.47. The molecule has 0 saturated carbocycles. The van der Waals surface area contributed by atoms with Crippen molar-refractivity contribution in [3.05, 3.63) is 23.8 Å². The van der Waals surface area contributed by atoms with Crippen molar-refractivity contribution in [2.45, 2.75) is 13.3 Å². The summed E-state index contributed by atoms with van der Waals surface area (Å²) < 4.78 is 16.5. The Labute approximate surface area is 61.0 Å². The van der Waals surface area contributed by atoms with Gasteiger partial charge in [-0.1, -0.05) is 12.2 Å². The van der Waals surface area contributed by atoms with Gasteiger partial charge in [0.15, 0.2) is 0 Å². The Morgan fingerprint density at radius 2 is 2.50 bits per heavy atom. The fourth-order valence-corrected chi connectivity index (χ4v) is 2.35. The van der Waals surface area contributed by atoms with Crippen LogP contribution < -0.4 is 0 Å². The lowest BCUT2D eigenvalue weighted by atomic mass is 10.5. The van der Waals surface area contributed by atoms with Crippen molar-refractivity contribution in [2.24, 2.45) is 0 Å². The van der Waals surface area contributed by atoms with Gasteiger partial charge in [0, 0.05) is 11.6 Å². The fraction of sp³-hybridized carbons (Fsp3) is 0.429. The van der Waals surface area contributed by atoms with E-state index < -0.39 is 7.37 Å². The zero-order valence-electron chi connectivity index (χ0n) is 5.99. The molecule has 0 aromatic heterocycles. The molecule has 0 radical (unpaired) electrons. The van der Waals surface area contributed by atoms with Crippen LogP contribution in [0.25, 0.3) is 0 Å². The number of rotatable bonds is 1. The first kappa shape index (κ1) is 7.77. The molecule has 1 unspecified atom stereocenters. The molecule has 1 heterocycles. The Bertz CT molecular complexity index is 206. The number of hydrogen-bond acceptors (Lipinski definition) is 2. The highest BCUT2D eigenvalue weighted by Crippen LogP contribution is 2.51. The summed E-state index contributed by atoms with van der Waals surface area (Å²) in [6.07, 6.45) is 4.54. The van der Waals surface area contributed by atoms with Gasteiger partial charge in [-0.3, -0.25) is 4.57 Å². The zero-order chi connectivity index (χ0) is 7.45. The second-order valence-electron chi connectivity index (χ2n) is 2.13. The van der Waals surface area contributed by atoms with Gasteiger partial charge >= 0.3 is 0 Å². The Hall–Kier alpha value is -0.330. The van der Waals surface area contributed by atoms with Gasteiger partial charge in [-0.2, -0.15) is 0 Å². The lowest BCUT2D eigenvalue weighted by Gasteiger charge is -2.13. The molecule has 0 N–H and O–H groups in total. The molecule has 0 aromatic carbocycles. The highest BCUT2D eigenvalue weighted by atomic mass is 31.2. The molecule has 1 aliphatic rings. The molecule has 0 spiro atoms. The molecule has 0 bridgehead atoms. The van der Waals surface area contributed by atoms with Crippen LogP contribution in [-0.4, -0.2) is 6.61 Å². The minimum Gasteiger partial charge on any atom is -0.323 e. The van der Waals surface area contributed by atoms with E-state index in [-0.39, 0.29) is 0 Å². The molecule has 56 valence electrons. The first-order valence-electron chi connectivity index (χ1n) is 3.32. The Morgan fingerprint density at radius 3 is 3.00 bits per heavy atom. The SMILES string of the molecule is C/C=C/P1(=O)C=CCCO1. The molecule has 3 heteroatoms. The van der Waals surface area contributed by atoms with Crippen LogP contribution in [0.1, 0.15) is 13.3 Å². The largest absolute Gasteiger partial charge is 0.323 e. The molecule has 0 aromatic rings. The highest BCUT2D eigenvalue weighted by molar-refractivity contribution is 7.65. The van der Waals surface area contributed by atoms with E-state index >= 15 is 0 Å². The second kappa shape index (κ2) is 3.18. The van der Waals surface area contributed by atoms with Crippen molar-refractivity contribution in [1.29, 1.82) is 0 Å². The zero-order valence-corrected chi connectivity index (χ0v) is 6.88. The molecule has 10 heavy (non-hydrogen) atoms. The van der Waals surface area contributed by atoms with E-state index in [9.17, 15) is 4.57 Å². The molecule has 2 nitrogen and oxygen atoms in total. The van der Waals surface area contributed by atoms with E-state index in [0.717, 1.165) is 6.42 Å². The maximum atomic E-state index is 11.4. The lowest BCUT2D eigenvalue weighted by molar-refractivity contribution is 0.326. The third-order valence-corrected chi connectivity index (χ3v) is 3.17. The van der Waals surface area contributed by atoms with Crippen LogP contribution in [0, 0.1) is 0 Å². The van der Waals surface area contributed by atoms with E-state index in [2.05, 4.69) is 0 Å². The van der Waals surface area contributed by atoms with E-state index in [1.165, 1.54) is 0 Å². The lowest BCUT2D eigenvalue weighted by Crippen LogP contribution is -1.92. The molecular formula is C7H11O2P. The highest BCUT2D eigenvalue weighted by Gasteiger charge is 2.16. The molecule has 1 rings (SSSR count). The van der Waals surface area contributed by atoms with Gasteiger partial charge in [0.1, 0.15) is 0 Å². The average molecular weight is 158 g/mol. The summed E-state index contributed by atoms with van der Waals surface area (Å²) in [5.41, 5.74) is 0. The van der Waals surface area contributed by atoms with Gasteiger partial charge in [-0.25, -0.2) is 0 Å². The maximum absolute atomic E-state index is 11.4. The van der Waals surface area contributed by atoms with Crippen molar-refractivity contribution in [3.8, 4) is 0 Å². The molecule has 0 aliphatic carbocycles. The first-order chi connectivity index (χ1) is 4.77. The van der Waals surface area contributed by atoms with Crippen LogP contribution in [0.3, 0.4) is 0 Å². The summed E-state index contributed by atoms with van der Waals surface area (Å²) in [7, 11) is -2.47. The third-order valence-electron chi connectivity index (χ3n) is 1.25. The average Bonchev–Trinajstić information content (AvgIpc) is 1.89. The van der Waals surface area contributed by atoms with E-state index in [4.69, 9.17) is 4.52 Å². The first-order valence-corrected chi connectivity index (χ1v) is 5.09. The summed E-state index contributed by atoms with van der Waals surface area (Å²) >= 11 is 0. The van der Waals surface area contributed by atoms with Crippen LogP contribution in [0.5, 0.6) is 0 Å². The monoisotopic (exact) mass is 158 g/mol. The van der Waals surface area contributed by atoms with Crippen molar-refractivity contribution >= 4 is 7.37 Å². The normalized spacial score (nSPS) is 33.3. The molecule has 0 fully saturated rings. The van der Waals surface area contributed by atoms with Crippen LogP contribution in [0.2, 0.25) is 0 Å². The van der Waals surface area contributed by atoms with Crippen LogP contribution in [-0.2, 0) is 9.09 Å². The van der Waals surface area contributed by atoms with Crippen molar-refractivity contribution < 1.29 is 9.09 Å². The quantitative estimate of drug-likeness (QED) is 0.548. The van der Waals surface area contributed by atoms with Gasteiger partial charge in [0.25, 0.3) is 0 Å². The fourth-order valence-electron chi connectivity index (χ4n) is 0.828. The third kappa shape index (κ3) is 1.83. The minimum absolute atomic E-state index is 0.581. The van der Waals surface area contributed by atoms with Crippen LogP contribution >= 0.6 is 7.37 Å². The smallest absolute Gasteiger partial charge is 0.246 e. The summed E-state index contributed by atoms with van der Waals surface area (Å²) in [6.45, 7) is 2.42. The van der Waals surface area contributed by atoms with Crippen LogP contribution in [0.15, 0.2) is 23.8 Å². The van der Waals surface area contributed by atoms with Gasteiger partial charge < -0.3 is 4.52 Å². The summed E-state index contributed by atoms with van der Waals surface area (Å²) in [6, 6.07) is 0. The van der Waals surface area contributed by atoms with E-state index in [1.807, 2.05) is 13.0 Å². The molecule has 0 saturated heterocycles. The topological polar surface area (TPSA) is 26.3 Å². The molecule has 0 amide bonds. The number of allylic oxidation sites excluding steroid dienone is 1. The molecular weight excluding hydrogens is 147 g/mol. The second-order valence-corrected chi connectivity index (χ2v) is 4.28. The number of hydrogen-bond donors (Lipinski definition) is 0. The van der Waals surface area contributed by atoms with Gasteiger partial charge in [0.05, 0.1) is 6.61 Å². The van der Waals surface area contributed by atoms with Crippen molar-refractivity contribution in [2.75, 3.05) is 6.61 Å². The van der Waals surface area contributed by atoms with Gasteiger partial charge in [0.2, 0.25) is 7.37 Å². The summed E-state index contributed by atoms with van der Waals surface area (Å²) in [4.78, 5) is 0. The van der Waals surface area contributed by atoms with E-state index in [0.29, 0.717) is 6.61 Å². The summed E-state index contributed by atoms with van der Waals surface area (Å²) in [5.74, 6) is 3.29. The maximum Gasteiger partial charge on any atom is 0.246 e. The van der Waals surface area contributed by atoms with Gasteiger partial charge in [-0.05, 0) is 13.3 Å². The predicted molar refractivity (Wildman–Crippen MR) is 42.1 cm³/mol. The van der Waals surface area contributed by atoms with E-state index in [1.54, 1.807) is 17.7 Å². The molecule has 1 atom stereocenters. The summed E-state index contributed by atoms with van der Waals surface area (Å²) in [5, 5.41) is 0. The Morgan fingerprint density at radius 1 is 1.70 bits per heavy atom. The standard InChI is InChI=1S/C7H11O2P/c1-2-6-10(8)7-4-3-5-9-10/h2,4,6-7H,3,5H2,1H3/b6-2+. The van der Waals surface area contributed by atoms with Crippen molar-refractivity contribution in [1.82, 2.24) is 0 Å².